The molecule has 6 aromatic rings. The zero-order chi connectivity index (χ0) is 21.7. The van der Waals surface area contributed by atoms with Crippen molar-refractivity contribution in [2.45, 2.75) is 33.2 Å². The largest absolute Gasteiger partial charge is 0.306 e. The van der Waals surface area contributed by atoms with Crippen molar-refractivity contribution in [3.8, 4) is 0 Å². The minimum Gasteiger partial charge on any atom is -0.306 e. The highest BCUT2D eigenvalue weighted by Gasteiger charge is 2.30. The van der Waals surface area contributed by atoms with E-state index in [2.05, 4.69) is 76.2 Å². The van der Waals surface area contributed by atoms with E-state index in [4.69, 9.17) is 6.57 Å². The summed E-state index contributed by atoms with van der Waals surface area (Å²) in [7, 11) is 2.13. The van der Waals surface area contributed by atoms with Crippen molar-refractivity contribution in [3.05, 3.63) is 77.0 Å². The van der Waals surface area contributed by atoms with Gasteiger partial charge < -0.3 is 9.25 Å². The van der Waals surface area contributed by atoms with Crippen molar-refractivity contribution >= 4 is 49.0 Å². The highest BCUT2D eigenvalue weighted by molar-refractivity contribution is 6.26. The smallest absolute Gasteiger partial charge is 0.252 e. The second-order valence-electron chi connectivity index (χ2n) is 9.22. The van der Waals surface area contributed by atoms with Crippen molar-refractivity contribution in [3.63, 3.8) is 0 Å². The fourth-order valence-corrected chi connectivity index (χ4v) is 5.17. The molecule has 0 radical (unpaired) electrons. The van der Waals surface area contributed by atoms with Crippen LogP contribution in [0.5, 0.6) is 0 Å². The van der Waals surface area contributed by atoms with Gasteiger partial charge in [0, 0.05) is 42.4 Å². The molecule has 4 heteroatoms. The monoisotopic (exact) mass is 403 g/mol. The summed E-state index contributed by atoms with van der Waals surface area (Å²) in [6.07, 6.45) is 5.99. The molecule has 0 saturated carbocycles. The van der Waals surface area contributed by atoms with Gasteiger partial charge in [0.05, 0.1) is 33.5 Å². The molecule has 6 rings (SSSR count). The quantitative estimate of drug-likeness (QED) is 0.143. The zero-order valence-corrected chi connectivity index (χ0v) is 18.4. The van der Waals surface area contributed by atoms with Crippen molar-refractivity contribution in [2.24, 2.45) is 7.05 Å². The summed E-state index contributed by atoms with van der Waals surface area (Å²) in [5.41, 5.74) is 7.78. The van der Waals surface area contributed by atoms with E-state index in [9.17, 15) is 0 Å². The predicted molar refractivity (Wildman–Crippen MR) is 127 cm³/mol. The van der Waals surface area contributed by atoms with Crippen LogP contribution in [0.2, 0.25) is 0 Å². The van der Waals surface area contributed by atoms with E-state index in [-0.39, 0.29) is 0 Å². The molecule has 0 bridgehead atoms. The molecule has 2 aromatic carbocycles. The molecule has 4 nitrogen and oxygen atoms in total. The van der Waals surface area contributed by atoms with Gasteiger partial charge in [0.1, 0.15) is 7.05 Å². The summed E-state index contributed by atoms with van der Waals surface area (Å²) in [6.45, 7) is 16.2. The van der Waals surface area contributed by atoms with Crippen LogP contribution in [-0.2, 0) is 12.6 Å². The number of nitrogens with zero attached hydrogens (tertiary/aromatic N) is 4. The molecular formula is C27H23N4+. The van der Waals surface area contributed by atoms with Crippen molar-refractivity contribution in [1.82, 2.24) is 9.38 Å². The van der Waals surface area contributed by atoms with Crippen LogP contribution >= 0.6 is 0 Å². The molecule has 150 valence electrons. The van der Waals surface area contributed by atoms with Gasteiger partial charge in [-0.3, -0.25) is 4.98 Å². The maximum atomic E-state index is 7.76. The van der Waals surface area contributed by atoms with Gasteiger partial charge in [0.25, 0.3) is 5.54 Å². The summed E-state index contributed by atoms with van der Waals surface area (Å²) < 4.78 is 4.62. The Morgan fingerprint density at radius 2 is 1.84 bits per heavy atom. The minimum atomic E-state index is -0.591. The van der Waals surface area contributed by atoms with E-state index in [1.165, 1.54) is 49.1 Å². The number of aryl methyl sites for hydroxylation is 3. The lowest BCUT2D eigenvalue weighted by Crippen LogP contribution is -2.29. The highest BCUT2D eigenvalue weighted by Crippen LogP contribution is 2.42. The lowest BCUT2D eigenvalue weighted by Gasteiger charge is -2.17. The summed E-state index contributed by atoms with van der Waals surface area (Å²) in [6, 6.07) is 11.0. The first kappa shape index (κ1) is 18.1. The first-order valence-corrected chi connectivity index (χ1v) is 10.6. The number of pyridine rings is 3. The number of rotatable bonds is 1. The van der Waals surface area contributed by atoms with Crippen molar-refractivity contribution in [2.75, 3.05) is 0 Å². The Hall–Kier alpha value is -3.71. The maximum Gasteiger partial charge on any atom is 0.252 e. The maximum absolute atomic E-state index is 7.76. The van der Waals surface area contributed by atoms with Gasteiger partial charge >= 0.3 is 0 Å². The molecule has 0 aliphatic rings. The second-order valence-corrected chi connectivity index (χ2v) is 9.22. The topological polar surface area (TPSA) is 25.5 Å². The van der Waals surface area contributed by atoms with Crippen LogP contribution in [-0.4, -0.2) is 9.38 Å². The molecule has 0 amide bonds. The molecule has 31 heavy (non-hydrogen) atoms. The third-order valence-corrected chi connectivity index (χ3v) is 7.05. The molecule has 0 unspecified atom stereocenters. The average molecular weight is 404 g/mol. The van der Waals surface area contributed by atoms with Crippen LogP contribution in [0, 0.1) is 20.4 Å². The predicted octanol–water partition coefficient (Wildman–Crippen LogP) is 5.98. The molecule has 0 N–H and O–H groups in total. The number of aromatic nitrogens is 3. The van der Waals surface area contributed by atoms with Gasteiger partial charge in [-0.1, -0.05) is 0 Å². The van der Waals surface area contributed by atoms with Gasteiger partial charge in [-0.05, 0) is 54.6 Å². The van der Waals surface area contributed by atoms with Crippen LogP contribution in [0.1, 0.15) is 30.5 Å². The summed E-state index contributed by atoms with van der Waals surface area (Å²) in [4.78, 5) is 8.39. The van der Waals surface area contributed by atoms with Crippen molar-refractivity contribution < 1.29 is 4.57 Å². The van der Waals surface area contributed by atoms with E-state index in [1.54, 1.807) is 0 Å². The third-order valence-electron chi connectivity index (χ3n) is 7.05. The van der Waals surface area contributed by atoms with Gasteiger partial charge in [-0.15, -0.1) is 0 Å². The normalized spacial score (nSPS) is 12.6. The molecule has 0 fully saturated rings. The number of benzene rings is 2. The van der Waals surface area contributed by atoms with E-state index in [1.807, 2.05) is 26.2 Å². The molecule has 0 saturated heterocycles. The molecule has 0 atom stereocenters. The fourth-order valence-electron chi connectivity index (χ4n) is 5.17. The van der Waals surface area contributed by atoms with E-state index in [0.29, 0.717) is 0 Å². The van der Waals surface area contributed by atoms with Crippen LogP contribution in [0.15, 0.2) is 48.9 Å². The van der Waals surface area contributed by atoms with Gasteiger partial charge in [0.2, 0.25) is 5.52 Å². The number of fused-ring (bicyclic) bond motifs is 5. The Kier molecular flexibility index (Phi) is 3.33. The SMILES string of the molecule is [C-]#[N+]C(C)(C)c1cc2cc[n+](C)c3c4c(C)c(C)cc5c6ccncc6n(c(c1)c23)c54. The highest BCUT2D eigenvalue weighted by atomic mass is 15.0. The first-order valence-electron chi connectivity index (χ1n) is 10.6. The van der Waals surface area contributed by atoms with Crippen LogP contribution in [0.25, 0.3) is 53.8 Å². The number of hydrogen-bond donors (Lipinski definition) is 0. The molecular weight excluding hydrogens is 380 g/mol. The standard InChI is InChI=1S/C27H23N4/c1-15-11-20-19-7-9-29-14-22(19)31-21-13-18(27(3,4)28-5)12-17-8-10-30(6)26(24(17)21)23(16(15)2)25(20)31/h7-14H,1-4,6H3/q+1. The summed E-state index contributed by atoms with van der Waals surface area (Å²) >= 11 is 0. The lowest BCUT2D eigenvalue weighted by molar-refractivity contribution is -0.643. The summed E-state index contributed by atoms with van der Waals surface area (Å²) in [5, 5.41) is 6.17. The fraction of sp³-hybridized carbons (Fsp3) is 0.222. The first-order chi connectivity index (χ1) is 14.8. The van der Waals surface area contributed by atoms with Crippen molar-refractivity contribution in [1.29, 1.82) is 0 Å². The average Bonchev–Trinajstić information content (AvgIpc) is 3.09. The minimum absolute atomic E-state index is 0.591. The Morgan fingerprint density at radius 3 is 2.61 bits per heavy atom. The Bertz CT molecular complexity index is 1750. The van der Waals surface area contributed by atoms with E-state index < -0.39 is 5.54 Å². The van der Waals surface area contributed by atoms with Crippen LogP contribution < -0.4 is 4.57 Å². The molecule has 0 aliphatic heterocycles. The van der Waals surface area contributed by atoms with E-state index in [0.717, 1.165) is 16.6 Å². The van der Waals surface area contributed by atoms with Gasteiger partial charge in [0.15, 0.2) is 6.20 Å². The van der Waals surface area contributed by atoms with Gasteiger partial charge in [-0.25, -0.2) is 11.1 Å². The Morgan fingerprint density at radius 1 is 1.03 bits per heavy atom. The lowest BCUT2D eigenvalue weighted by atomic mass is 9.90. The van der Waals surface area contributed by atoms with Gasteiger partial charge in [-0.2, -0.15) is 0 Å². The molecule has 4 aromatic heterocycles. The molecule has 4 heterocycles. The Balaban J connectivity index is 2.06. The zero-order valence-electron chi connectivity index (χ0n) is 18.4. The Labute approximate surface area is 180 Å². The molecule has 0 spiro atoms. The number of hydrogen-bond acceptors (Lipinski definition) is 1. The van der Waals surface area contributed by atoms with E-state index >= 15 is 0 Å². The summed E-state index contributed by atoms with van der Waals surface area (Å²) in [5.74, 6) is 0. The van der Waals surface area contributed by atoms with Crippen LogP contribution in [0.3, 0.4) is 0 Å². The third kappa shape index (κ3) is 2.13. The second kappa shape index (κ2) is 5.70. The molecule has 0 aliphatic carbocycles. The van der Waals surface area contributed by atoms with Crippen LogP contribution in [0.4, 0.5) is 0 Å².